The van der Waals surface area contributed by atoms with Crippen LogP contribution in [0.15, 0.2) is 27.1 Å². The van der Waals surface area contributed by atoms with Crippen molar-refractivity contribution >= 4 is 37.8 Å². The fourth-order valence-corrected chi connectivity index (χ4v) is 3.19. The first kappa shape index (κ1) is 16.7. The number of halogens is 2. The lowest BCUT2D eigenvalue weighted by atomic mass is 9.96. The predicted molar refractivity (Wildman–Crippen MR) is 84.3 cm³/mol. The monoisotopic (exact) mass is 391 g/mol. The molecule has 1 rings (SSSR count). The topological polar surface area (TPSA) is 49.3 Å². The van der Waals surface area contributed by atoms with Crippen LogP contribution in [0.3, 0.4) is 0 Å². The first-order valence-corrected chi connectivity index (χ1v) is 7.99. The van der Waals surface area contributed by atoms with Gasteiger partial charge in [0.25, 0.3) is 5.91 Å². The molecule has 1 atom stereocenters. The Bertz CT molecular complexity index is 433. The van der Waals surface area contributed by atoms with Crippen molar-refractivity contribution in [3.8, 4) is 0 Å². The quantitative estimate of drug-likeness (QED) is 0.774. The van der Waals surface area contributed by atoms with E-state index in [1.807, 2.05) is 26.0 Å². The van der Waals surface area contributed by atoms with E-state index in [0.717, 1.165) is 21.8 Å². The van der Waals surface area contributed by atoms with E-state index < -0.39 is 6.10 Å². The Kier molecular flexibility index (Phi) is 7.04. The standard InChI is InChI=1S/C14H19Br2NO2/c1-3-9(4-2)13(18)8-17-14(19)11-6-5-10(15)7-12(11)16/h5-7,9,13,18H,3-4,8H2,1-2H3,(H,17,19). The van der Waals surface area contributed by atoms with Crippen molar-refractivity contribution < 1.29 is 9.90 Å². The molecule has 5 heteroatoms. The van der Waals surface area contributed by atoms with Crippen LogP contribution in [0.4, 0.5) is 0 Å². The van der Waals surface area contributed by atoms with E-state index in [1.165, 1.54) is 0 Å². The molecular formula is C14H19Br2NO2. The first-order chi connectivity index (χ1) is 8.99. The molecule has 19 heavy (non-hydrogen) atoms. The van der Waals surface area contributed by atoms with Crippen molar-refractivity contribution in [2.75, 3.05) is 6.54 Å². The number of benzene rings is 1. The normalized spacial score (nSPS) is 12.5. The number of carbonyl (C=O) groups is 1. The lowest BCUT2D eigenvalue weighted by Crippen LogP contribution is -2.36. The molecule has 0 saturated heterocycles. The van der Waals surface area contributed by atoms with Crippen LogP contribution in [-0.4, -0.2) is 23.7 Å². The lowest BCUT2D eigenvalue weighted by molar-refractivity contribution is 0.0816. The summed E-state index contributed by atoms with van der Waals surface area (Å²) >= 11 is 6.70. The summed E-state index contributed by atoms with van der Waals surface area (Å²) in [6.45, 7) is 4.38. The summed E-state index contributed by atoms with van der Waals surface area (Å²) in [6, 6.07) is 5.39. The van der Waals surface area contributed by atoms with E-state index in [4.69, 9.17) is 0 Å². The largest absolute Gasteiger partial charge is 0.391 e. The second-order valence-electron chi connectivity index (χ2n) is 4.48. The van der Waals surface area contributed by atoms with Gasteiger partial charge in [0.05, 0.1) is 11.7 Å². The Hall–Kier alpha value is -0.390. The van der Waals surface area contributed by atoms with Gasteiger partial charge in [0, 0.05) is 15.5 Å². The first-order valence-electron chi connectivity index (χ1n) is 6.40. The summed E-state index contributed by atoms with van der Waals surface area (Å²) in [6.07, 6.45) is 1.33. The van der Waals surface area contributed by atoms with Crippen LogP contribution in [0.25, 0.3) is 0 Å². The molecular weight excluding hydrogens is 374 g/mol. The molecule has 0 saturated carbocycles. The SMILES string of the molecule is CCC(CC)C(O)CNC(=O)c1ccc(Br)cc1Br. The van der Waals surface area contributed by atoms with Gasteiger partial charge >= 0.3 is 0 Å². The minimum Gasteiger partial charge on any atom is -0.391 e. The van der Waals surface area contributed by atoms with Crippen molar-refractivity contribution in [1.29, 1.82) is 0 Å². The van der Waals surface area contributed by atoms with E-state index in [0.29, 0.717) is 5.56 Å². The second-order valence-corrected chi connectivity index (χ2v) is 6.25. The maximum absolute atomic E-state index is 12.0. The molecule has 0 heterocycles. The minimum atomic E-state index is -0.492. The number of hydrogen-bond donors (Lipinski definition) is 2. The molecule has 1 amide bonds. The summed E-state index contributed by atoms with van der Waals surface area (Å²) in [5.74, 6) is 0.0537. The van der Waals surface area contributed by atoms with Gasteiger partial charge in [0.15, 0.2) is 0 Å². The Labute approximate surface area is 131 Å². The molecule has 2 N–H and O–H groups in total. The van der Waals surface area contributed by atoms with Gasteiger partial charge in [-0.2, -0.15) is 0 Å². The molecule has 0 spiro atoms. The van der Waals surface area contributed by atoms with E-state index in [-0.39, 0.29) is 18.4 Å². The number of hydrogen-bond acceptors (Lipinski definition) is 2. The number of nitrogens with one attached hydrogen (secondary N) is 1. The second kappa shape index (κ2) is 8.02. The molecule has 0 fully saturated rings. The fourth-order valence-electron chi connectivity index (χ4n) is 1.97. The predicted octanol–water partition coefficient (Wildman–Crippen LogP) is 3.74. The molecule has 0 aliphatic carbocycles. The molecule has 0 aliphatic rings. The van der Waals surface area contributed by atoms with Crippen LogP contribution < -0.4 is 5.32 Å². The van der Waals surface area contributed by atoms with Gasteiger partial charge in [-0.1, -0.05) is 42.6 Å². The van der Waals surface area contributed by atoms with Crippen LogP contribution in [0.5, 0.6) is 0 Å². The summed E-state index contributed by atoms with van der Waals surface area (Å²) in [5.41, 5.74) is 0.569. The highest BCUT2D eigenvalue weighted by Gasteiger charge is 2.17. The number of rotatable bonds is 6. The number of aliphatic hydroxyl groups excluding tert-OH is 1. The Morgan fingerprint density at radius 1 is 1.32 bits per heavy atom. The summed E-state index contributed by atoms with van der Waals surface area (Å²) < 4.78 is 1.64. The van der Waals surface area contributed by atoms with Gasteiger partial charge in [-0.3, -0.25) is 4.79 Å². The number of carbonyl (C=O) groups excluding carboxylic acids is 1. The van der Waals surface area contributed by atoms with E-state index in [1.54, 1.807) is 6.07 Å². The Morgan fingerprint density at radius 2 is 1.95 bits per heavy atom. The summed E-state index contributed by atoms with van der Waals surface area (Å²) in [5, 5.41) is 12.8. The molecule has 1 unspecified atom stereocenters. The highest BCUT2D eigenvalue weighted by molar-refractivity contribution is 9.11. The highest BCUT2D eigenvalue weighted by Crippen LogP contribution is 2.22. The van der Waals surface area contributed by atoms with E-state index in [2.05, 4.69) is 37.2 Å². The molecule has 106 valence electrons. The average Bonchev–Trinajstić information content (AvgIpc) is 2.37. The zero-order chi connectivity index (χ0) is 14.4. The molecule has 0 aromatic heterocycles. The van der Waals surface area contributed by atoms with Crippen molar-refractivity contribution in [2.24, 2.45) is 5.92 Å². The third kappa shape index (κ3) is 4.89. The van der Waals surface area contributed by atoms with E-state index >= 15 is 0 Å². The molecule has 3 nitrogen and oxygen atoms in total. The number of aliphatic hydroxyl groups is 1. The molecule has 1 aromatic carbocycles. The summed E-state index contributed by atoms with van der Waals surface area (Å²) in [7, 11) is 0. The van der Waals surface area contributed by atoms with Gasteiger partial charge in [-0.15, -0.1) is 0 Å². The zero-order valence-electron chi connectivity index (χ0n) is 11.1. The fraction of sp³-hybridized carbons (Fsp3) is 0.500. The highest BCUT2D eigenvalue weighted by atomic mass is 79.9. The van der Waals surface area contributed by atoms with Crippen LogP contribution >= 0.6 is 31.9 Å². The maximum Gasteiger partial charge on any atom is 0.252 e. The Balaban J connectivity index is 2.60. The van der Waals surface area contributed by atoms with Gasteiger partial charge in [-0.25, -0.2) is 0 Å². The van der Waals surface area contributed by atoms with Crippen molar-refractivity contribution in [3.63, 3.8) is 0 Å². The van der Waals surface area contributed by atoms with Crippen molar-refractivity contribution in [2.45, 2.75) is 32.8 Å². The van der Waals surface area contributed by atoms with Crippen molar-refractivity contribution in [1.82, 2.24) is 5.32 Å². The Morgan fingerprint density at radius 3 is 2.47 bits per heavy atom. The minimum absolute atomic E-state index is 0.176. The molecule has 0 bridgehead atoms. The summed E-state index contributed by atoms with van der Waals surface area (Å²) in [4.78, 5) is 12.0. The van der Waals surface area contributed by atoms with Crippen LogP contribution in [0.1, 0.15) is 37.0 Å². The van der Waals surface area contributed by atoms with Crippen LogP contribution in [0, 0.1) is 5.92 Å². The molecule has 1 aromatic rings. The lowest BCUT2D eigenvalue weighted by Gasteiger charge is -2.20. The molecule has 0 aliphatic heterocycles. The third-order valence-corrected chi connectivity index (χ3v) is 4.39. The third-order valence-electron chi connectivity index (χ3n) is 3.24. The number of amides is 1. The van der Waals surface area contributed by atoms with Gasteiger partial charge in [0.1, 0.15) is 0 Å². The smallest absolute Gasteiger partial charge is 0.252 e. The molecule has 0 radical (unpaired) electrons. The average molecular weight is 393 g/mol. The van der Waals surface area contributed by atoms with Gasteiger partial charge in [-0.05, 0) is 40.0 Å². The zero-order valence-corrected chi connectivity index (χ0v) is 14.3. The van der Waals surface area contributed by atoms with Gasteiger partial charge in [0.2, 0.25) is 0 Å². The van der Waals surface area contributed by atoms with Crippen LogP contribution in [0.2, 0.25) is 0 Å². The van der Waals surface area contributed by atoms with Crippen molar-refractivity contribution in [3.05, 3.63) is 32.7 Å². The maximum atomic E-state index is 12.0. The van der Waals surface area contributed by atoms with Gasteiger partial charge < -0.3 is 10.4 Å². The van der Waals surface area contributed by atoms with Crippen LogP contribution in [-0.2, 0) is 0 Å². The van der Waals surface area contributed by atoms with E-state index in [9.17, 15) is 9.90 Å².